The molecule has 0 aromatic carbocycles. The van der Waals surface area contributed by atoms with Crippen LogP contribution in [-0.4, -0.2) is 17.4 Å². The molecule has 3 nitrogen and oxygen atoms in total. The first-order valence-corrected chi connectivity index (χ1v) is 3.84. The van der Waals surface area contributed by atoms with E-state index < -0.39 is 0 Å². The van der Waals surface area contributed by atoms with Crippen LogP contribution in [0.15, 0.2) is 18.3 Å². The van der Waals surface area contributed by atoms with E-state index >= 15 is 0 Å². The van der Waals surface area contributed by atoms with Crippen molar-refractivity contribution in [3.8, 4) is 5.75 Å². The summed E-state index contributed by atoms with van der Waals surface area (Å²) < 4.78 is 5.21. The largest absolute Gasteiger partial charge is 0.491 e. The fraction of sp³-hybridized carbons (Fsp3) is 0.333. The van der Waals surface area contributed by atoms with Crippen molar-refractivity contribution in [2.45, 2.75) is 13.8 Å². The molecule has 0 aliphatic heterocycles. The van der Waals surface area contributed by atoms with E-state index in [2.05, 4.69) is 4.98 Å². The molecular formula is C9H11NO2. The van der Waals surface area contributed by atoms with Gasteiger partial charge in [0, 0.05) is 13.1 Å². The predicted molar refractivity (Wildman–Crippen MR) is 45.4 cm³/mol. The van der Waals surface area contributed by atoms with Gasteiger partial charge in [0.1, 0.15) is 11.4 Å². The number of nitrogens with zero attached hydrogens (tertiary/aromatic N) is 1. The molecular weight excluding hydrogens is 154 g/mol. The van der Waals surface area contributed by atoms with Gasteiger partial charge < -0.3 is 4.74 Å². The number of rotatable bonds is 3. The Kier molecular flexibility index (Phi) is 2.80. The van der Waals surface area contributed by atoms with Gasteiger partial charge in [0.2, 0.25) is 0 Å². The van der Waals surface area contributed by atoms with Crippen molar-refractivity contribution >= 4 is 5.78 Å². The van der Waals surface area contributed by atoms with Gasteiger partial charge >= 0.3 is 0 Å². The molecule has 0 spiro atoms. The molecule has 1 rings (SSSR count). The fourth-order valence-corrected chi connectivity index (χ4v) is 0.927. The molecule has 12 heavy (non-hydrogen) atoms. The van der Waals surface area contributed by atoms with Crippen LogP contribution in [-0.2, 0) is 0 Å². The highest BCUT2D eigenvalue weighted by atomic mass is 16.5. The Morgan fingerprint density at radius 3 is 3.00 bits per heavy atom. The molecule has 0 amide bonds. The third kappa shape index (κ3) is 1.81. The normalized spacial score (nSPS) is 9.50. The van der Waals surface area contributed by atoms with Crippen molar-refractivity contribution in [3.63, 3.8) is 0 Å². The molecule has 1 aromatic rings. The Morgan fingerprint density at radius 1 is 1.67 bits per heavy atom. The molecule has 0 saturated carbocycles. The van der Waals surface area contributed by atoms with Gasteiger partial charge in [-0.05, 0) is 19.1 Å². The van der Waals surface area contributed by atoms with E-state index in [4.69, 9.17) is 4.74 Å². The smallest absolute Gasteiger partial charge is 0.181 e. The summed E-state index contributed by atoms with van der Waals surface area (Å²) in [6.45, 7) is 3.90. The highest BCUT2D eigenvalue weighted by Gasteiger charge is 2.07. The van der Waals surface area contributed by atoms with Crippen molar-refractivity contribution in [3.05, 3.63) is 24.0 Å². The first-order chi connectivity index (χ1) is 5.75. The van der Waals surface area contributed by atoms with Crippen LogP contribution in [0.4, 0.5) is 0 Å². The molecule has 0 bridgehead atoms. The monoisotopic (exact) mass is 165 g/mol. The summed E-state index contributed by atoms with van der Waals surface area (Å²) in [7, 11) is 0. The summed E-state index contributed by atoms with van der Waals surface area (Å²) in [6.07, 6.45) is 1.58. The van der Waals surface area contributed by atoms with Crippen molar-refractivity contribution in [1.82, 2.24) is 4.98 Å². The Labute approximate surface area is 71.4 Å². The molecule has 0 atom stereocenters. The third-order valence-electron chi connectivity index (χ3n) is 1.40. The molecule has 1 heterocycles. The van der Waals surface area contributed by atoms with Gasteiger partial charge in [-0.2, -0.15) is 0 Å². The van der Waals surface area contributed by atoms with Crippen LogP contribution < -0.4 is 4.74 Å². The maximum absolute atomic E-state index is 11.0. The summed E-state index contributed by atoms with van der Waals surface area (Å²) in [4.78, 5) is 14.9. The summed E-state index contributed by atoms with van der Waals surface area (Å²) in [5, 5.41) is 0. The molecule has 1 aromatic heterocycles. The third-order valence-corrected chi connectivity index (χ3v) is 1.40. The Bertz CT molecular complexity index is 284. The number of carbonyl (C=O) groups is 1. The minimum absolute atomic E-state index is 0.0703. The number of pyridine rings is 1. The Hall–Kier alpha value is -1.38. The molecule has 0 N–H and O–H groups in total. The molecule has 0 saturated heterocycles. The van der Waals surface area contributed by atoms with E-state index in [0.29, 0.717) is 18.1 Å². The lowest BCUT2D eigenvalue weighted by Crippen LogP contribution is -2.02. The van der Waals surface area contributed by atoms with Crippen LogP contribution in [0.3, 0.4) is 0 Å². The predicted octanol–water partition coefficient (Wildman–Crippen LogP) is 1.68. The van der Waals surface area contributed by atoms with E-state index in [9.17, 15) is 4.79 Å². The molecule has 0 unspecified atom stereocenters. The second-order valence-electron chi connectivity index (χ2n) is 2.34. The maximum atomic E-state index is 11.0. The van der Waals surface area contributed by atoms with Gasteiger partial charge in [-0.25, -0.2) is 4.98 Å². The average molecular weight is 165 g/mol. The van der Waals surface area contributed by atoms with Gasteiger partial charge in [-0.3, -0.25) is 4.79 Å². The van der Waals surface area contributed by atoms with Crippen LogP contribution in [0.1, 0.15) is 24.3 Å². The Morgan fingerprint density at radius 2 is 2.42 bits per heavy atom. The maximum Gasteiger partial charge on any atom is 0.181 e. The highest BCUT2D eigenvalue weighted by molar-refractivity contribution is 5.94. The number of Topliss-reactive ketones (excluding diaryl/α,β-unsaturated/α-hetero) is 1. The van der Waals surface area contributed by atoms with Crippen LogP contribution >= 0.6 is 0 Å². The second-order valence-corrected chi connectivity index (χ2v) is 2.34. The van der Waals surface area contributed by atoms with E-state index in [0.717, 1.165) is 0 Å². The second kappa shape index (κ2) is 3.85. The van der Waals surface area contributed by atoms with Crippen molar-refractivity contribution in [2.24, 2.45) is 0 Å². The molecule has 3 heteroatoms. The van der Waals surface area contributed by atoms with E-state index in [1.165, 1.54) is 6.92 Å². The lowest BCUT2D eigenvalue weighted by Gasteiger charge is -2.04. The minimum Gasteiger partial charge on any atom is -0.491 e. The minimum atomic E-state index is -0.0703. The molecule has 64 valence electrons. The lowest BCUT2D eigenvalue weighted by atomic mass is 10.2. The fourth-order valence-electron chi connectivity index (χ4n) is 0.927. The highest BCUT2D eigenvalue weighted by Crippen LogP contribution is 2.14. The zero-order chi connectivity index (χ0) is 8.97. The zero-order valence-corrected chi connectivity index (χ0v) is 7.20. The van der Waals surface area contributed by atoms with Crippen molar-refractivity contribution in [1.29, 1.82) is 0 Å². The number of hydrogen-bond donors (Lipinski definition) is 0. The molecule has 0 radical (unpaired) electrons. The van der Waals surface area contributed by atoms with Gasteiger partial charge in [0.15, 0.2) is 5.78 Å². The van der Waals surface area contributed by atoms with E-state index in [1.54, 1.807) is 18.3 Å². The van der Waals surface area contributed by atoms with E-state index in [-0.39, 0.29) is 5.78 Å². The molecule has 0 aliphatic carbocycles. The van der Waals surface area contributed by atoms with Gasteiger partial charge in [0.05, 0.1) is 6.61 Å². The number of aromatic nitrogens is 1. The lowest BCUT2D eigenvalue weighted by molar-refractivity contribution is 0.100. The summed E-state index contributed by atoms with van der Waals surface area (Å²) in [6, 6.07) is 3.49. The topological polar surface area (TPSA) is 39.2 Å². The van der Waals surface area contributed by atoms with Gasteiger partial charge in [-0.15, -0.1) is 0 Å². The quantitative estimate of drug-likeness (QED) is 0.640. The average Bonchev–Trinajstić information content (AvgIpc) is 2.05. The summed E-state index contributed by atoms with van der Waals surface area (Å²) in [5.41, 5.74) is 0.402. The molecule has 0 fully saturated rings. The SMILES string of the molecule is CCOc1cccnc1C(C)=O. The number of hydrogen-bond acceptors (Lipinski definition) is 3. The van der Waals surface area contributed by atoms with Gasteiger partial charge in [-0.1, -0.05) is 0 Å². The van der Waals surface area contributed by atoms with Crippen molar-refractivity contribution < 1.29 is 9.53 Å². The summed E-state index contributed by atoms with van der Waals surface area (Å²) >= 11 is 0. The van der Waals surface area contributed by atoms with Gasteiger partial charge in [0.25, 0.3) is 0 Å². The Balaban J connectivity index is 3.00. The first-order valence-electron chi connectivity index (χ1n) is 3.84. The van der Waals surface area contributed by atoms with Crippen LogP contribution in [0.25, 0.3) is 0 Å². The standard InChI is InChI=1S/C9H11NO2/c1-3-12-8-5-4-6-10-9(8)7(2)11/h4-6H,3H2,1-2H3. The first kappa shape index (κ1) is 8.71. The zero-order valence-electron chi connectivity index (χ0n) is 7.20. The van der Waals surface area contributed by atoms with Crippen LogP contribution in [0, 0.1) is 0 Å². The number of carbonyl (C=O) groups excluding carboxylic acids is 1. The number of ether oxygens (including phenoxy) is 1. The van der Waals surface area contributed by atoms with Crippen LogP contribution in [0.5, 0.6) is 5.75 Å². The van der Waals surface area contributed by atoms with Crippen molar-refractivity contribution in [2.75, 3.05) is 6.61 Å². The summed E-state index contributed by atoms with van der Waals surface area (Å²) in [5.74, 6) is 0.492. The molecule has 0 aliphatic rings. The van der Waals surface area contributed by atoms with E-state index in [1.807, 2.05) is 6.92 Å². The number of ketones is 1. The van der Waals surface area contributed by atoms with Crippen LogP contribution in [0.2, 0.25) is 0 Å².